The van der Waals surface area contributed by atoms with Crippen LogP contribution in [-0.4, -0.2) is 39.0 Å². The molecule has 0 saturated carbocycles. The lowest BCUT2D eigenvalue weighted by molar-refractivity contribution is 0.153. The molecule has 1 saturated heterocycles. The number of aliphatic hydroxyl groups excluding tert-OH is 1. The maximum atomic E-state index is 9.72. The number of hydrogen-bond acceptors (Lipinski definition) is 4. The van der Waals surface area contributed by atoms with Crippen molar-refractivity contribution in [3.63, 3.8) is 0 Å². The van der Waals surface area contributed by atoms with E-state index < -0.39 is 0 Å². The van der Waals surface area contributed by atoms with Gasteiger partial charge in [0.2, 0.25) is 0 Å². The van der Waals surface area contributed by atoms with Crippen LogP contribution in [0, 0.1) is 0 Å². The second-order valence-corrected chi connectivity index (χ2v) is 7.78. The Balaban J connectivity index is 1.52. The lowest BCUT2D eigenvalue weighted by atomic mass is 10.1. The number of likely N-dealkylation sites (tertiary alicyclic amines) is 1. The van der Waals surface area contributed by atoms with E-state index >= 15 is 0 Å². The minimum Gasteiger partial charge on any atom is -0.454 e. The number of hydrogen-bond donors (Lipinski definition) is 1. The Morgan fingerprint density at radius 3 is 2.69 bits per heavy atom. The molecule has 2 aromatic carbocycles. The molecule has 0 aliphatic carbocycles. The molecular weight excluding hydrogens is 362 g/mol. The summed E-state index contributed by atoms with van der Waals surface area (Å²) < 4.78 is 8.13. The number of fused-ring (bicyclic) bond motifs is 1. The Labute approximate surface area is 170 Å². The Morgan fingerprint density at radius 1 is 1.03 bits per heavy atom. The Bertz CT molecular complexity index is 1070. The number of furan rings is 1. The van der Waals surface area contributed by atoms with Gasteiger partial charge < -0.3 is 9.52 Å². The molecule has 5 nitrogen and oxygen atoms in total. The van der Waals surface area contributed by atoms with E-state index in [1.807, 2.05) is 28.9 Å². The normalized spacial score (nSPS) is 17.3. The monoisotopic (exact) mass is 387 g/mol. The quantitative estimate of drug-likeness (QED) is 0.536. The van der Waals surface area contributed by atoms with Crippen LogP contribution in [0.25, 0.3) is 22.4 Å². The zero-order chi connectivity index (χ0) is 19.6. The summed E-state index contributed by atoms with van der Waals surface area (Å²) in [6.07, 6.45) is 4.31. The molecule has 5 rings (SSSR count). The van der Waals surface area contributed by atoms with Crippen molar-refractivity contribution in [2.45, 2.75) is 32.0 Å². The fourth-order valence-electron chi connectivity index (χ4n) is 4.26. The van der Waals surface area contributed by atoms with Gasteiger partial charge in [0.25, 0.3) is 0 Å². The summed E-state index contributed by atoms with van der Waals surface area (Å²) in [4.78, 5) is 2.36. The zero-order valence-electron chi connectivity index (χ0n) is 16.4. The second kappa shape index (κ2) is 7.85. The first-order valence-electron chi connectivity index (χ1n) is 10.2. The van der Waals surface area contributed by atoms with Gasteiger partial charge in [-0.25, -0.2) is 0 Å². The molecule has 3 heterocycles. The summed E-state index contributed by atoms with van der Waals surface area (Å²) >= 11 is 0. The summed E-state index contributed by atoms with van der Waals surface area (Å²) in [6.45, 7) is 2.71. The average Bonchev–Trinajstić information content (AvgIpc) is 3.47. The van der Waals surface area contributed by atoms with Gasteiger partial charge in [0.05, 0.1) is 13.2 Å². The molecule has 4 aromatic rings. The molecule has 148 valence electrons. The predicted octanol–water partition coefficient (Wildman–Crippen LogP) is 4.30. The summed E-state index contributed by atoms with van der Waals surface area (Å²) in [6, 6.07) is 20.7. The molecule has 0 spiro atoms. The van der Waals surface area contributed by atoms with Crippen LogP contribution in [0.3, 0.4) is 0 Å². The van der Waals surface area contributed by atoms with Crippen LogP contribution >= 0.6 is 0 Å². The first-order chi connectivity index (χ1) is 14.3. The van der Waals surface area contributed by atoms with E-state index in [9.17, 15) is 5.11 Å². The van der Waals surface area contributed by atoms with Crippen LogP contribution in [0.15, 0.2) is 71.3 Å². The second-order valence-electron chi connectivity index (χ2n) is 7.78. The maximum absolute atomic E-state index is 9.72. The lowest BCUT2D eigenvalue weighted by Crippen LogP contribution is -2.31. The van der Waals surface area contributed by atoms with Gasteiger partial charge in [-0.15, -0.1) is 0 Å². The molecule has 0 bridgehead atoms. The number of para-hydroxylation sites is 1. The number of rotatable bonds is 6. The van der Waals surface area contributed by atoms with Crippen LogP contribution < -0.4 is 0 Å². The maximum Gasteiger partial charge on any atom is 0.156 e. The van der Waals surface area contributed by atoms with Gasteiger partial charge in [-0.3, -0.25) is 9.58 Å². The molecule has 0 unspecified atom stereocenters. The highest BCUT2D eigenvalue weighted by atomic mass is 16.3. The molecule has 1 fully saturated rings. The van der Waals surface area contributed by atoms with Crippen molar-refractivity contribution in [3.8, 4) is 11.5 Å². The number of nitrogens with zero attached hydrogens (tertiary/aromatic N) is 3. The van der Waals surface area contributed by atoms with Crippen LogP contribution in [-0.2, 0) is 13.1 Å². The molecule has 1 aliphatic heterocycles. The third-order valence-electron chi connectivity index (χ3n) is 5.77. The predicted molar refractivity (Wildman–Crippen MR) is 113 cm³/mol. The fourth-order valence-corrected chi connectivity index (χ4v) is 4.26. The summed E-state index contributed by atoms with van der Waals surface area (Å²) in [5, 5.41) is 15.7. The summed E-state index contributed by atoms with van der Waals surface area (Å²) in [7, 11) is 0. The Hall–Kier alpha value is -2.89. The molecular formula is C24H25N3O2. The van der Waals surface area contributed by atoms with E-state index in [0.717, 1.165) is 60.5 Å². The number of aliphatic hydroxyl groups is 1. The minimum atomic E-state index is 0.206. The van der Waals surface area contributed by atoms with Gasteiger partial charge in [-0.1, -0.05) is 48.5 Å². The first kappa shape index (κ1) is 18.2. The Kier molecular flexibility index (Phi) is 4.92. The highest BCUT2D eigenvalue weighted by molar-refractivity contribution is 5.82. The number of aromatic nitrogens is 2. The van der Waals surface area contributed by atoms with Crippen molar-refractivity contribution < 1.29 is 9.52 Å². The standard InChI is InChI=1S/C24H25N3O2/c28-17-21-10-6-12-26(21)15-20-16-27(14-18-7-2-1-3-8-18)25-24(20)23-13-19-9-4-5-11-22(19)29-23/h1-5,7-9,11,13,16,21,28H,6,10,12,14-15,17H2/t21-/m0/s1. The van der Waals surface area contributed by atoms with Crippen molar-refractivity contribution in [1.82, 2.24) is 14.7 Å². The molecule has 1 atom stereocenters. The van der Waals surface area contributed by atoms with E-state index in [4.69, 9.17) is 9.52 Å². The molecule has 0 amide bonds. The fraction of sp³-hybridized carbons (Fsp3) is 0.292. The van der Waals surface area contributed by atoms with Crippen LogP contribution in [0.5, 0.6) is 0 Å². The first-order valence-corrected chi connectivity index (χ1v) is 10.2. The van der Waals surface area contributed by atoms with Gasteiger partial charge in [0, 0.05) is 29.7 Å². The average molecular weight is 387 g/mol. The van der Waals surface area contributed by atoms with Gasteiger partial charge in [0.15, 0.2) is 5.76 Å². The van der Waals surface area contributed by atoms with E-state index in [1.54, 1.807) is 0 Å². The molecule has 29 heavy (non-hydrogen) atoms. The Morgan fingerprint density at radius 2 is 1.86 bits per heavy atom. The number of benzene rings is 2. The highest BCUT2D eigenvalue weighted by Crippen LogP contribution is 2.31. The zero-order valence-corrected chi connectivity index (χ0v) is 16.4. The van der Waals surface area contributed by atoms with Crippen LogP contribution in [0.1, 0.15) is 24.0 Å². The summed E-state index contributed by atoms with van der Waals surface area (Å²) in [5.74, 6) is 0.799. The van der Waals surface area contributed by atoms with Gasteiger partial charge >= 0.3 is 0 Å². The van der Waals surface area contributed by atoms with Crippen molar-refractivity contribution >= 4 is 11.0 Å². The van der Waals surface area contributed by atoms with Crippen molar-refractivity contribution in [2.75, 3.05) is 13.2 Å². The SMILES string of the molecule is OC[C@@H]1CCCN1Cc1cn(Cc2ccccc2)nc1-c1cc2ccccc2o1. The molecule has 5 heteroatoms. The van der Waals surface area contributed by atoms with E-state index in [0.29, 0.717) is 0 Å². The third kappa shape index (κ3) is 3.71. The van der Waals surface area contributed by atoms with E-state index in [1.165, 1.54) is 5.56 Å². The van der Waals surface area contributed by atoms with Gasteiger partial charge in [-0.05, 0) is 37.1 Å². The van der Waals surface area contributed by atoms with Crippen LogP contribution in [0.2, 0.25) is 0 Å². The van der Waals surface area contributed by atoms with Crippen molar-refractivity contribution in [2.24, 2.45) is 0 Å². The molecule has 0 radical (unpaired) electrons. The topological polar surface area (TPSA) is 54.4 Å². The van der Waals surface area contributed by atoms with Crippen molar-refractivity contribution in [3.05, 3.63) is 78.0 Å². The van der Waals surface area contributed by atoms with Gasteiger partial charge in [0.1, 0.15) is 11.3 Å². The largest absolute Gasteiger partial charge is 0.454 e. The summed E-state index contributed by atoms with van der Waals surface area (Å²) in [5.41, 5.74) is 4.12. The lowest BCUT2D eigenvalue weighted by Gasteiger charge is -2.22. The van der Waals surface area contributed by atoms with Crippen molar-refractivity contribution in [1.29, 1.82) is 0 Å². The third-order valence-corrected chi connectivity index (χ3v) is 5.77. The molecule has 1 N–H and O–H groups in total. The minimum absolute atomic E-state index is 0.206. The van der Waals surface area contributed by atoms with Crippen LogP contribution in [0.4, 0.5) is 0 Å². The molecule has 2 aromatic heterocycles. The van der Waals surface area contributed by atoms with Gasteiger partial charge in [-0.2, -0.15) is 5.10 Å². The highest BCUT2D eigenvalue weighted by Gasteiger charge is 2.26. The molecule has 1 aliphatic rings. The smallest absolute Gasteiger partial charge is 0.156 e. The van der Waals surface area contributed by atoms with E-state index in [-0.39, 0.29) is 12.6 Å². The van der Waals surface area contributed by atoms with E-state index in [2.05, 4.69) is 47.5 Å².